The molecule has 0 radical (unpaired) electrons. The summed E-state index contributed by atoms with van der Waals surface area (Å²) in [5, 5.41) is 43.5. The molecule has 15 nitrogen and oxygen atoms in total. The number of aliphatic hydroxyl groups is 5. The lowest BCUT2D eigenvalue weighted by molar-refractivity contribution is -0.136. The molecular formula is C7H24N4O11S. The molecule has 0 unspecified atom stereocenters. The highest BCUT2D eigenvalue weighted by Gasteiger charge is 2.29. The number of quaternary nitrogens is 2. The first-order valence-corrected chi connectivity index (χ1v) is 6.11. The third-order valence-corrected chi connectivity index (χ3v) is 1.42. The molecule has 2 amide bonds. The smallest absolute Gasteiger partial charge is 0.309 e. The van der Waals surface area contributed by atoms with Crippen molar-refractivity contribution in [3.05, 3.63) is 0 Å². The van der Waals surface area contributed by atoms with E-state index in [9.17, 15) is 4.79 Å². The SMILES string of the molecule is NC(N)=O.O=C[C@H](O)[C@@H](O)[C@H](O)[C@H](O)CO.O=S(=O)([O-])[O-].[NH4+].[NH4+]. The van der Waals surface area contributed by atoms with Crippen LogP contribution >= 0.6 is 0 Å². The Hall–Kier alpha value is -1.47. The van der Waals surface area contributed by atoms with Gasteiger partial charge in [0.15, 0.2) is 6.29 Å². The molecule has 0 aliphatic rings. The van der Waals surface area contributed by atoms with Crippen LogP contribution in [0.5, 0.6) is 0 Å². The van der Waals surface area contributed by atoms with Crippen LogP contribution in [0.15, 0.2) is 0 Å². The van der Waals surface area contributed by atoms with E-state index in [0.717, 1.165) is 0 Å². The highest BCUT2D eigenvalue weighted by molar-refractivity contribution is 7.79. The van der Waals surface area contributed by atoms with Crippen molar-refractivity contribution >= 4 is 22.7 Å². The van der Waals surface area contributed by atoms with Crippen LogP contribution in [0.3, 0.4) is 0 Å². The summed E-state index contributed by atoms with van der Waals surface area (Å²) in [6, 6.07) is -0.833. The number of aliphatic hydroxyl groups excluding tert-OH is 5. The fraction of sp³-hybridized carbons (Fsp3) is 0.714. The molecule has 0 spiro atoms. The number of urea groups is 1. The standard InChI is InChI=1S/C6H12O6.CH4N2O.2H3N.H2O4S/c7-1-3(9)5(11)6(12)4(10)2-8;2-1(3)4;;;1-5(2,3)4/h1,3-6,8-12H,2H2;(H4,2,3,4);2*1H3;(H2,1,2,3,4)/t3-,4+,5+,6+;;;;/m0..../s1. The maximum atomic E-state index is 9.90. The molecular weight excluding hydrogens is 348 g/mol. The minimum atomic E-state index is -5.17. The third kappa shape index (κ3) is 33.4. The Kier molecular flexibility index (Phi) is 24.4. The van der Waals surface area contributed by atoms with Gasteiger partial charge in [-0.05, 0) is 0 Å². The highest BCUT2D eigenvalue weighted by atomic mass is 32.3. The van der Waals surface area contributed by atoms with E-state index in [-0.39, 0.29) is 18.6 Å². The van der Waals surface area contributed by atoms with Gasteiger partial charge in [-0.2, -0.15) is 0 Å². The number of carbonyl (C=O) groups is 2. The number of aldehydes is 1. The molecule has 144 valence electrons. The zero-order valence-electron chi connectivity index (χ0n) is 12.3. The fourth-order valence-electron chi connectivity index (χ4n) is 0.618. The van der Waals surface area contributed by atoms with Crippen molar-refractivity contribution in [2.24, 2.45) is 11.5 Å². The number of amides is 2. The van der Waals surface area contributed by atoms with Crippen molar-refractivity contribution in [1.82, 2.24) is 12.3 Å². The molecule has 4 atom stereocenters. The molecule has 0 bridgehead atoms. The lowest BCUT2D eigenvalue weighted by atomic mass is 10.0. The predicted molar refractivity (Wildman–Crippen MR) is 73.4 cm³/mol. The Labute approximate surface area is 131 Å². The molecule has 23 heavy (non-hydrogen) atoms. The summed E-state index contributed by atoms with van der Waals surface area (Å²) in [4.78, 5) is 18.9. The van der Waals surface area contributed by atoms with Crippen LogP contribution in [0.4, 0.5) is 4.79 Å². The normalized spacial score (nSPS) is 14.6. The van der Waals surface area contributed by atoms with Crippen molar-refractivity contribution in [3.63, 3.8) is 0 Å². The highest BCUT2D eigenvalue weighted by Crippen LogP contribution is 2.02. The summed E-state index contributed by atoms with van der Waals surface area (Å²) in [7, 11) is -5.17. The molecule has 0 heterocycles. The zero-order chi connectivity index (χ0) is 17.8. The molecule has 0 aromatic rings. The number of hydrogen-bond donors (Lipinski definition) is 9. The first kappa shape index (κ1) is 33.2. The Morgan fingerprint density at radius 2 is 1.30 bits per heavy atom. The van der Waals surface area contributed by atoms with Crippen molar-refractivity contribution in [2.45, 2.75) is 24.4 Å². The van der Waals surface area contributed by atoms with Crippen LogP contribution in [0, 0.1) is 0 Å². The van der Waals surface area contributed by atoms with Crippen LogP contribution < -0.4 is 23.8 Å². The summed E-state index contributed by atoms with van der Waals surface area (Å²) in [6.07, 6.45) is -6.84. The molecule has 0 aromatic heterocycles. The van der Waals surface area contributed by atoms with E-state index in [2.05, 4.69) is 11.5 Å². The number of primary amides is 2. The molecule has 0 aromatic carbocycles. The van der Waals surface area contributed by atoms with E-state index in [1.807, 2.05) is 0 Å². The summed E-state index contributed by atoms with van der Waals surface area (Å²) in [6.45, 7) is -0.760. The molecule has 17 N–H and O–H groups in total. The van der Waals surface area contributed by atoms with Gasteiger partial charge >= 0.3 is 6.03 Å². The second-order valence-corrected chi connectivity index (χ2v) is 3.98. The molecule has 0 rings (SSSR count). The number of nitrogens with two attached hydrogens (primary N) is 2. The van der Waals surface area contributed by atoms with Gasteiger partial charge in [0, 0.05) is 10.4 Å². The van der Waals surface area contributed by atoms with Crippen molar-refractivity contribution in [3.8, 4) is 0 Å². The van der Waals surface area contributed by atoms with Crippen molar-refractivity contribution in [1.29, 1.82) is 0 Å². The molecule has 0 saturated carbocycles. The van der Waals surface area contributed by atoms with E-state index >= 15 is 0 Å². The first-order valence-electron chi connectivity index (χ1n) is 4.77. The van der Waals surface area contributed by atoms with Gasteiger partial charge < -0.3 is 63.2 Å². The Morgan fingerprint density at radius 1 is 1.04 bits per heavy atom. The quantitative estimate of drug-likeness (QED) is 0.125. The van der Waals surface area contributed by atoms with Crippen LogP contribution in [0.2, 0.25) is 0 Å². The summed E-state index contributed by atoms with van der Waals surface area (Å²) in [5.74, 6) is 0. The number of hydrogen-bond acceptors (Lipinski definition) is 11. The second kappa shape index (κ2) is 16.9. The van der Waals surface area contributed by atoms with E-state index in [1.54, 1.807) is 0 Å². The number of carbonyl (C=O) groups excluding carboxylic acids is 2. The predicted octanol–water partition coefficient (Wildman–Crippen LogP) is -4.94. The van der Waals surface area contributed by atoms with Gasteiger partial charge in [-0.15, -0.1) is 0 Å². The third-order valence-electron chi connectivity index (χ3n) is 1.42. The maximum absolute atomic E-state index is 9.90. The molecule has 0 saturated heterocycles. The van der Waals surface area contributed by atoms with Gasteiger partial charge in [-0.1, -0.05) is 0 Å². The maximum Gasteiger partial charge on any atom is 0.309 e. The van der Waals surface area contributed by atoms with Crippen LogP contribution in [-0.4, -0.2) is 86.4 Å². The molecule has 0 fully saturated rings. The Morgan fingerprint density at radius 3 is 1.48 bits per heavy atom. The topological polar surface area (TPSA) is 341 Å². The van der Waals surface area contributed by atoms with Gasteiger partial charge in [0.2, 0.25) is 0 Å². The van der Waals surface area contributed by atoms with Gasteiger partial charge in [-0.3, -0.25) is 8.42 Å². The lowest BCUT2D eigenvalue weighted by Gasteiger charge is -2.22. The molecule has 0 aliphatic heterocycles. The lowest BCUT2D eigenvalue weighted by Crippen LogP contribution is -2.46. The first-order chi connectivity index (χ1) is 9.27. The van der Waals surface area contributed by atoms with Crippen LogP contribution in [-0.2, 0) is 15.2 Å². The van der Waals surface area contributed by atoms with Gasteiger partial charge in [0.05, 0.1) is 6.61 Å². The van der Waals surface area contributed by atoms with Crippen LogP contribution in [0.25, 0.3) is 0 Å². The van der Waals surface area contributed by atoms with Crippen molar-refractivity contribution < 1.29 is 52.6 Å². The monoisotopic (exact) mass is 372 g/mol. The van der Waals surface area contributed by atoms with Gasteiger partial charge in [-0.25, -0.2) is 4.79 Å². The summed E-state index contributed by atoms with van der Waals surface area (Å²) in [5.41, 5.74) is 8.50. The van der Waals surface area contributed by atoms with E-state index in [0.29, 0.717) is 0 Å². The molecule has 16 heteroatoms. The van der Waals surface area contributed by atoms with E-state index in [4.69, 9.17) is 47.9 Å². The Bertz CT molecular complexity index is 380. The average Bonchev–Trinajstić information content (AvgIpc) is 2.32. The fourth-order valence-corrected chi connectivity index (χ4v) is 0.618. The van der Waals surface area contributed by atoms with E-state index in [1.165, 1.54) is 0 Å². The van der Waals surface area contributed by atoms with Crippen molar-refractivity contribution in [2.75, 3.05) is 6.61 Å². The number of rotatable bonds is 5. The van der Waals surface area contributed by atoms with Gasteiger partial charge in [0.25, 0.3) is 0 Å². The summed E-state index contributed by atoms with van der Waals surface area (Å²) >= 11 is 0. The largest absolute Gasteiger partial charge is 0.759 e. The van der Waals surface area contributed by atoms with Gasteiger partial charge in [0.1, 0.15) is 24.4 Å². The molecule has 0 aliphatic carbocycles. The zero-order valence-corrected chi connectivity index (χ0v) is 13.2. The summed E-state index contributed by atoms with van der Waals surface area (Å²) < 4.78 is 34.1. The minimum Gasteiger partial charge on any atom is -0.759 e. The average molecular weight is 372 g/mol. The minimum absolute atomic E-state index is 0. The second-order valence-electron chi connectivity index (χ2n) is 3.17. The van der Waals surface area contributed by atoms with Crippen LogP contribution in [0.1, 0.15) is 0 Å². The Balaban J connectivity index is -0.0000000828. The van der Waals surface area contributed by atoms with E-state index < -0.39 is 47.5 Å².